The molecule has 3 heterocycles. The van der Waals surface area contributed by atoms with E-state index in [0.717, 1.165) is 12.0 Å². The van der Waals surface area contributed by atoms with Gasteiger partial charge in [-0.2, -0.15) is 5.10 Å². The molecule has 2 aromatic rings. The van der Waals surface area contributed by atoms with Crippen molar-refractivity contribution >= 4 is 24.3 Å². The summed E-state index contributed by atoms with van der Waals surface area (Å²) in [5, 5.41) is 19.1. The highest BCUT2D eigenvalue weighted by molar-refractivity contribution is 6.01. The minimum Gasteiger partial charge on any atom is -0.370 e. The molecule has 1 aromatic carbocycles. The van der Waals surface area contributed by atoms with Crippen molar-refractivity contribution in [2.75, 3.05) is 6.54 Å². The first-order valence-corrected chi connectivity index (χ1v) is 9.08. The Bertz CT molecular complexity index is 873. The molecular weight excluding hydrogens is 356 g/mol. The van der Waals surface area contributed by atoms with Gasteiger partial charge in [0.05, 0.1) is 11.7 Å². The number of hydrogen-bond donors (Lipinski definition) is 2. The number of aliphatic hydroxyl groups is 1. The highest BCUT2D eigenvalue weighted by atomic mass is 16.3. The van der Waals surface area contributed by atoms with Gasteiger partial charge in [0.2, 0.25) is 11.9 Å². The van der Waals surface area contributed by atoms with Crippen LogP contribution < -0.4 is 5.32 Å². The number of aliphatic hydroxyl groups excluding tert-OH is 1. The van der Waals surface area contributed by atoms with E-state index in [4.69, 9.17) is 0 Å². The summed E-state index contributed by atoms with van der Waals surface area (Å²) in [6, 6.07) is 14.7. The third-order valence-corrected chi connectivity index (χ3v) is 4.55. The van der Waals surface area contributed by atoms with Crippen molar-refractivity contribution in [3.8, 4) is 0 Å². The third-order valence-electron chi connectivity index (χ3n) is 4.55. The van der Waals surface area contributed by atoms with Gasteiger partial charge in [-0.25, -0.2) is 15.0 Å². The molecule has 4 rings (SSSR count). The first-order valence-electron chi connectivity index (χ1n) is 9.08. The van der Waals surface area contributed by atoms with Crippen LogP contribution >= 0.6 is 0 Å². The normalized spacial score (nSPS) is 22.0. The molecule has 3 atom stereocenters. The Morgan fingerprint density at radius 2 is 2.00 bits per heavy atom. The van der Waals surface area contributed by atoms with E-state index in [1.165, 1.54) is 6.21 Å². The first-order chi connectivity index (χ1) is 13.7. The maximum atomic E-state index is 12.9. The molecule has 1 amide bonds. The zero-order chi connectivity index (χ0) is 19.3. The number of aromatic nitrogens is 1. The molecule has 0 aliphatic carbocycles. The summed E-state index contributed by atoms with van der Waals surface area (Å²) in [7, 11) is 0. The van der Waals surface area contributed by atoms with Crippen LogP contribution in [-0.4, -0.2) is 52.2 Å². The van der Waals surface area contributed by atoms with E-state index in [2.05, 4.69) is 25.4 Å². The average molecular weight is 376 g/mol. The number of pyridine rings is 1. The van der Waals surface area contributed by atoms with Crippen molar-refractivity contribution in [1.82, 2.24) is 15.3 Å². The number of amides is 1. The molecule has 0 radical (unpaired) electrons. The number of aliphatic imine (C=N–C) groups is 2. The SMILES string of the molecule is O=C(NC(c1ccccc1)c1ccccn1)C1C=NC(N2CCC=N2)=NC1O. The van der Waals surface area contributed by atoms with E-state index in [1.807, 2.05) is 48.5 Å². The molecule has 2 aliphatic rings. The molecule has 2 aliphatic heterocycles. The number of benzene rings is 1. The van der Waals surface area contributed by atoms with Crippen LogP contribution in [0.15, 0.2) is 69.8 Å². The zero-order valence-electron chi connectivity index (χ0n) is 15.1. The summed E-state index contributed by atoms with van der Waals surface area (Å²) in [6.45, 7) is 0.662. The molecule has 0 fully saturated rings. The third kappa shape index (κ3) is 3.81. The predicted octanol–water partition coefficient (Wildman–Crippen LogP) is 1.35. The second-order valence-corrected chi connectivity index (χ2v) is 6.46. The van der Waals surface area contributed by atoms with Crippen LogP contribution in [0.1, 0.15) is 23.7 Å². The zero-order valence-corrected chi connectivity index (χ0v) is 15.1. The van der Waals surface area contributed by atoms with Crippen LogP contribution in [0.5, 0.6) is 0 Å². The summed E-state index contributed by atoms with van der Waals surface area (Å²) in [5.41, 5.74) is 1.60. The lowest BCUT2D eigenvalue weighted by atomic mass is 10.0. The smallest absolute Gasteiger partial charge is 0.243 e. The van der Waals surface area contributed by atoms with E-state index >= 15 is 0 Å². The number of hydrazone groups is 1. The standard InChI is InChI=1S/C20H20N6O2/c27-18(15-13-22-20(25-19(15)28)26-12-6-11-23-26)24-17(14-7-2-1-3-8-14)16-9-4-5-10-21-16/h1-5,7-11,13,15,17,19,28H,6,12H2,(H,24,27). The second-order valence-electron chi connectivity index (χ2n) is 6.46. The average Bonchev–Trinajstić information content (AvgIpc) is 3.28. The summed E-state index contributed by atoms with van der Waals surface area (Å²) in [6.07, 6.45) is 4.46. The monoisotopic (exact) mass is 376 g/mol. The highest BCUT2D eigenvalue weighted by Crippen LogP contribution is 2.22. The fourth-order valence-electron chi connectivity index (χ4n) is 3.10. The van der Waals surface area contributed by atoms with Gasteiger partial charge in [-0.15, -0.1) is 0 Å². The lowest BCUT2D eigenvalue weighted by Gasteiger charge is -2.25. The van der Waals surface area contributed by atoms with E-state index in [1.54, 1.807) is 17.4 Å². The van der Waals surface area contributed by atoms with Crippen molar-refractivity contribution < 1.29 is 9.90 Å². The predicted molar refractivity (Wildman–Crippen MR) is 106 cm³/mol. The Hall–Kier alpha value is -3.39. The molecule has 2 N–H and O–H groups in total. The second kappa shape index (κ2) is 8.10. The van der Waals surface area contributed by atoms with E-state index < -0.39 is 18.2 Å². The molecule has 0 bridgehead atoms. The first kappa shape index (κ1) is 18.0. The molecule has 0 spiro atoms. The van der Waals surface area contributed by atoms with E-state index in [9.17, 15) is 9.90 Å². The summed E-state index contributed by atoms with van der Waals surface area (Å²) >= 11 is 0. The maximum Gasteiger partial charge on any atom is 0.243 e. The van der Waals surface area contributed by atoms with Crippen molar-refractivity contribution in [1.29, 1.82) is 0 Å². The Balaban J connectivity index is 1.52. The lowest BCUT2D eigenvalue weighted by molar-refractivity contribution is -0.126. The number of nitrogens with one attached hydrogen (secondary N) is 1. The van der Waals surface area contributed by atoms with Crippen molar-refractivity contribution in [3.63, 3.8) is 0 Å². The molecule has 1 aromatic heterocycles. The van der Waals surface area contributed by atoms with Crippen molar-refractivity contribution in [2.45, 2.75) is 18.7 Å². The molecule has 0 saturated heterocycles. The topological polar surface area (TPSA) is 103 Å². The molecule has 28 heavy (non-hydrogen) atoms. The number of rotatable bonds is 4. The lowest BCUT2D eigenvalue weighted by Crippen LogP contribution is -2.43. The van der Waals surface area contributed by atoms with Crippen LogP contribution in [0.4, 0.5) is 0 Å². The van der Waals surface area contributed by atoms with Crippen LogP contribution in [0.25, 0.3) is 0 Å². The summed E-state index contributed by atoms with van der Waals surface area (Å²) in [5.74, 6) is -0.941. The molecule has 3 unspecified atom stereocenters. The molecule has 8 nitrogen and oxygen atoms in total. The molecule has 8 heteroatoms. The van der Waals surface area contributed by atoms with Gasteiger partial charge >= 0.3 is 0 Å². The fourth-order valence-corrected chi connectivity index (χ4v) is 3.10. The van der Waals surface area contributed by atoms with Crippen LogP contribution in [0, 0.1) is 5.92 Å². The van der Waals surface area contributed by atoms with Gasteiger partial charge in [0, 0.05) is 31.6 Å². The Morgan fingerprint density at radius 3 is 2.68 bits per heavy atom. The van der Waals surface area contributed by atoms with E-state index in [-0.39, 0.29) is 5.91 Å². The maximum absolute atomic E-state index is 12.9. The van der Waals surface area contributed by atoms with Gasteiger partial charge in [-0.3, -0.25) is 9.78 Å². The van der Waals surface area contributed by atoms with Gasteiger partial charge in [0.15, 0.2) is 6.23 Å². The molecule has 0 saturated carbocycles. The number of nitrogens with zero attached hydrogens (tertiary/aromatic N) is 5. The van der Waals surface area contributed by atoms with Gasteiger partial charge in [0.25, 0.3) is 0 Å². The van der Waals surface area contributed by atoms with Crippen molar-refractivity contribution in [3.05, 3.63) is 66.0 Å². The number of carbonyl (C=O) groups excluding carboxylic acids is 1. The molecule has 142 valence electrons. The minimum atomic E-state index is -1.22. The van der Waals surface area contributed by atoms with Gasteiger partial charge in [0.1, 0.15) is 5.92 Å². The van der Waals surface area contributed by atoms with Gasteiger partial charge in [-0.1, -0.05) is 36.4 Å². The number of guanidine groups is 1. The fraction of sp³-hybridized carbons (Fsp3) is 0.250. The van der Waals surface area contributed by atoms with Gasteiger partial charge in [-0.05, 0) is 17.7 Å². The summed E-state index contributed by atoms with van der Waals surface area (Å²) < 4.78 is 0. The number of carbonyl (C=O) groups is 1. The Kier molecular flexibility index (Phi) is 5.20. The largest absolute Gasteiger partial charge is 0.370 e. The quantitative estimate of drug-likeness (QED) is 0.841. The highest BCUT2D eigenvalue weighted by Gasteiger charge is 2.32. The minimum absolute atomic E-state index is 0.314. The van der Waals surface area contributed by atoms with E-state index in [0.29, 0.717) is 18.2 Å². The Labute approximate surface area is 162 Å². The summed E-state index contributed by atoms with van der Waals surface area (Å²) in [4.78, 5) is 25.6. The van der Waals surface area contributed by atoms with Crippen LogP contribution in [-0.2, 0) is 4.79 Å². The Morgan fingerprint density at radius 1 is 1.18 bits per heavy atom. The van der Waals surface area contributed by atoms with Gasteiger partial charge < -0.3 is 10.4 Å². The van der Waals surface area contributed by atoms with Crippen LogP contribution in [0.2, 0.25) is 0 Å². The molecular formula is C20H20N6O2. The van der Waals surface area contributed by atoms with Crippen LogP contribution in [0.3, 0.4) is 0 Å². The number of hydrogen-bond acceptors (Lipinski definition) is 7. The van der Waals surface area contributed by atoms with Crippen molar-refractivity contribution in [2.24, 2.45) is 21.0 Å².